The molecule has 1 aromatic rings. The Bertz CT molecular complexity index is 351. The van der Waals surface area contributed by atoms with E-state index in [4.69, 9.17) is 5.11 Å². The van der Waals surface area contributed by atoms with Crippen LogP contribution in [0.1, 0.15) is 10.4 Å². The Balaban J connectivity index is 3.17. The standard InChI is InChI=1S/C8H6FNO3/c9-5-1-2-6(8(12)13)7(3-5)10-4-11/h1-4H,(H,10,11)(H,12,13). The second-order valence-corrected chi connectivity index (χ2v) is 2.26. The SMILES string of the molecule is O=CNc1cc(F)ccc1C(=O)O. The molecule has 0 aliphatic carbocycles. The van der Waals surface area contributed by atoms with E-state index in [2.05, 4.69) is 5.32 Å². The number of nitrogens with one attached hydrogen (secondary N) is 1. The van der Waals surface area contributed by atoms with Gasteiger partial charge in [-0.1, -0.05) is 0 Å². The number of hydrogen-bond donors (Lipinski definition) is 2. The minimum atomic E-state index is -1.22. The number of aromatic carboxylic acids is 1. The molecule has 2 N–H and O–H groups in total. The smallest absolute Gasteiger partial charge is 0.337 e. The average molecular weight is 183 g/mol. The van der Waals surface area contributed by atoms with Gasteiger partial charge in [0.1, 0.15) is 5.82 Å². The number of hydrogen-bond acceptors (Lipinski definition) is 2. The number of halogens is 1. The van der Waals surface area contributed by atoms with Gasteiger partial charge in [-0.2, -0.15) is 0 Å². The molecule has 1 rings (SSSR count). The summed E-state index contributed by atoms with van der Waals surface area (Å²) in [6.45, 7) is 0. The van der Waals surface area contributed by atoms with E-state index in [-0.39, 0.29) is 11.3 Å². The first-order chi connectivity index (χ1) is 6.15. The van der Waals surface area contributed by atoms with Crippen LogP contribution in [0.2, 0.25) is 0 Å². The number of carbonyl (C=O) groups is 2. The maximum absolute atomic E-state index is 12.6. The molecule has 1 amide bonds. The third-order valence-electron chi connectivity index (χ3n) is 1.43. The van der Waals surface area contributed by atoms with E-state index >= 15 is 0 Å². The number of carboxylic acids is 1. The van der Waals surface area contributed by atoms with Crippen LogP contribution in [0.3, 0.4) is 0 Å². The number of carbonyl (C=O) groups excluding carboxylic acids is 1. The minimum Gasteiger partial charge on any atom is -0.478 e. The molecule has 0 saturated heterocycles. The Morgan fingerprint density at radius 2 is 2.23 bits per heavy atom. The third kappa shape index (κ3) is 2.02. The zero-order valence-corrected chi connectivity index (χ0v) is 6.45. The van der Waals surface area contributed by atoms with Crippen LogP contribution < -0.4 is 5.32 Å². The molecule has 0 saturated carbocycles. The summed E-state index contributed by atoms with van der Waals surface area (Å²) in [5, 5.41) is 10.7. The highest BCUT2D eigenvalue weighted by atomic mass is 19.1. The molecule has 0 fully saturated rings. The van der Waals surface area contributed by atoms with Crippen LogP contribution in [0.25, 0.3) is 0 Å². The fourth-order valence-corrected chi connectivity index (χ4v) is 0.886. The fraction of sp³-hybridized carbons (Fsp3) is 0. The Kier molecular flexibility index (Phi) is 2.59. The van der Waals surface area contributed by atoms with Crippen LogP contribution >= 0.6 is 0 Å². The number of benzene rings is 1. The molecule has 0 aromatic heterocycles. The number of amides is 1. The van der Waals surface area contributed by atoms with E-state index in [0.29, 0.717) is 6.41 Å². The summed E-state index contributed by atoms with van der Waals surface area (Å²) < 4.78 is 12.6. The molecule has 68 valence electrons. The summed E-state index contributed by atoms with van der Waals surface area (Å²) in [6, 6.07) is 3.04. The van der Waals surface area contributed by atoms with Crippen molar-refractivity contribution in [3.8, 4) is 0 Å². The van der Waals surface area contributed by atoms with Crippen molar-refractivity contribution in [2.24, 2.45) is 0 Å². The number of rotatable bonds is 3. The molecule has 0 atom stereocenters. The number of anilines is 1. The van der Waals surface area contributed by atoms with Crippen molar-refractivity contribution in [3.63, 3.8) is 0 Å². The quantitative estimate of drug-likeness (QED) is 0.689. The predicted molar refractivity (Wildman–Crippen MR) is 43.0 cm³/mol. The molecule has 13 heavy (non-hydrogen) atoms. The Hall–Kier alpha value is -1.91. The first-order valence-corrected chi connectivity index (χ1v) is 3.38. The normalized spacial score (nSPS) is 9.31. The highest BCUT2D eigenvalue weighted by Crippen LogP contribution is 2.16. The van der Waals surface area contributed by atoms with Crippen molar-refractivity contribution in [1.29, 1.82) is 0 Å². The topological polar surface area (TPSA) is 66.4 Å². The van der Waals surface area contributed by atoms with E-state index in [1.807, 2.05) is 0 Å². The molecule has 0 bridgehead atoms. The molecular formula is C8H6FNO3. The molecule has 0 aliphatic rings. The maximum atomic E-state index is 12.6. The Morgan fingerprint density at radius 3 is 2.77 bits per heavy atom. The van der Waals surface area contributed by atoms with Gasteiger partial charge in [-0.25, -0.2) is 9.18 Å². The second-order valence-electron chi connectivity index (χ2n) is 2.26. The molecule has 0 spiro atoms. The Morgan fingerprint density at radius 1 is 1.54 bits per heavy atom. The second kappa shape index (κ2) is 3.66. The Labute approximate surface area is 73.0 Å². The molecule has 4 nitrogen and oxygen atoms in total. The zero-order chi connectivity index (χ0) is 9.84. The van der Waals surface area contributed by atoms with Gasteiger partial charge < -0.3 is 10.4 Å². The van der Waals surface area contributed by atoms with Crippen LogP contribution in [0.15, 0.2) is 18.2 Å². The largest absolute Gasteiger partial charge is 0.478 e. The van der Waals surface area contributed by atoms with Gasteiger partial charge in [0.05, 0.1) is 11.3 Å². The highest BCUT2D eigenvalue weighted by molar-refractivity contribution is 5.96. The molecule has 0 aliphatic heterocycles. The lowest BCUT2D eigenvalue weighted by molar-refractivity contribution is -0.105. The highest BCUT2D eigenvalue weighted by Gasteiger charge is 2.09. The lowest BCUT2D eigenvalue weighted by Gasteiger charge is -2.03. The van der Waals surface area contributed by atoms with Gasteiger partial charge in [0.2, 0.25) is 6.41 Å². The van der Waals surface area contributed by atoms with E-state index in [0.717, 1.165) is 18.2 Å². The summed E-state index contributed by atoms with van der Waals surface area (Å²) in [4.78, 5) is 20.6. The van der Waals surface area contributed by atoms with E-state index < -0.39 is 11.8 Å². The summed E-state index contributed by atoms with van der Waals surface area (Å²) in [5.41, 5.74) is -0.198. The summed E-state index contributed by atoms with van der Waals surface area (Å²) >= 11 is 0. The van der Waals surface area contributed by atoms with E-state index in [9.17, 15) is 14.0 Å². The monoisotopic (exact) mass is 183 g/mol. The van der Waals surface area contributed by atoms with Crippen molar-refractivity contribution >= 4 is 18.1 Å². The van der Waals surface area contributed by atoms with Crippen LogP contribution in [0.5, 0.6) is 0 Å². The molecule has 0 unspecified atom stereocenters. The van der Waals surface area contributed by atoms with E-state index in [1.54, 1.807) is 0 Å². The summed E-state index contributed by atoms with van der Waals surface area (Å²) in [6.07, 6.45) is 0.293. The first kappa shape index (κ1) is 9.18. The van der Waals surface area contributed by atoms with Crippen LogP contribution in [0, 0.1) is 5.82 Å². The van der Waals surface area contributed by atoms with Crippen molar-refractivity contribution in [1.82, 2.24) is 0 Å². The van der Waals surface area contributed by atoms with E-state index in [1.165, 1.54) is 0 Å². The molecule has 1 aromatic carbocycles. The third-order valence-corrected chi connectivity index (χ3v) is 1.43. The zero-order valence-electron chi connectivity index (χ0n) is 6.45. The predicted octanol–water partition coefficient (Wildman–Crippen LogP) is 1.09. The van der Waals surface area contributed by atoms with Gasteiger partial charge in [-0.05, 0) is 18.2 Å². The van der Waals surface area contributed by atoms with Gasteiger partial charge in [0.25, 0.3) is 0 Å². The van der Waals surface area contributed by atoms with Gasteiger partial charge >= 0.3 is 5.97 Å². The average Bonchev–Trinajstić information content (AvgIpc) is 2.04. The summed E-state index contributed by atoms with van der Waals surface area (Å²) in [7, 11) is 0. The van der Waals surface area contributed by atoms with Gasteiger partial charge in [-0.3, -0.25) is 4.79 Å². The molecule has 0 heterocycles. The molecular weight excluding hydrogens is 177 g/mol. The van der Waals surface area contributed by atoms with Crippen molar-refractivity contribution in [2.45, 2.75) is 0 Å². The minimum absolute atomic E-state index is 0.0532. The maximum Gasteiger partial charge on any atom is 0.337 e. The van der Waals surface area contributed by atoms with Crippen LogP contribution in [-0.4, -0.2) is 17.5 Å². The molecule has 0 radical (unpaired) electrons. The lowest BCUT2D eigenvalue weighted by atomic mass is 10.2. The first-order valence-electron chi connectivity index (χ1n) is 3.38. The van der Waals surface area contributed by atoms with Gasteiger partial charge in [0.15, 0.2) is 0 Å². The number of carboxylic acid groups (broad SMARTS) is 1. The van der Waals surface area contributed by atoms with Gasteiger partial charge in [-0.15, -0.1) is 0 Å². The molecule has 5 heteroatoms. The van der Waals surface area contributed by atoms with Crippen molar-refractivity contribution < 1.29 is 19.1 Å². The lowest BCUT2D eigenvalue weighted by Crippen LogP contribution is -2.04. The fourth-order valence-electron chi connectivity index (χ4n) is 0.886. The van der Waals surface area contributed by atoms with Crippen molar-refractivity contribution in [3.05, 3.63) is 29.6 Å². The van der Waals surface area contributed by atoms with Crippen LogP contribution in [-0.2, 0) is 4.79 Å². The van der Waals surface area contributed by atoms with Crippen molar-refractivity contribution in [2.75, 3.05) is 5.32 Å². The van der Waals surface area contributed by atoms with Gasteiger partial charge in [0, 0.05) is 0 Å². The summed E-state index contributed by atoms with van der Waals surface area (Å²) in [5.74, 6) is -1.82. The van der Waals surface area contributed by atoms with Crippen LogP contribution in [0.4, 0.5) is 10.1 Å².